The second-order valence-electron chi connectivity index (χ2n) is 6.81. The Bertz CT molecular complexity index is 649. The molecule has 6 heteroatoms. The number of carbonyl (C=O) groups is 1. The van der Waals surface area contributed by atoms with Crippen molar-refractivity contribution in [2.45, 2.75) is 45.6 Å². The molecule has 1 saturated heterocycles. The van der Waals surface area contributed by atoms with Gasteiger partial charge < -0.3 is 10.5 Å². The number of hydrogen-bond donors (Lipinski definition) is 1. The molecule has 2 atom stereocenters. The van der Waals surface area contributed by atoms with Crippen LogP contribution < -0.4 is 5.73 Å². The molecule has 130 valence electrons. The summed E-state index contributed by atoms with van der Waals surface area (Å²) in [5.41, 5.74) is 7.18. The fraction of sp³-hybridized carbons (Fsp3) is 0.667. The third kappa shape index (κ3) is 3.42. The predicted molar refractivity (Wildman–Crippen MR) is 94.7 cm³/mol. The van der Waals surface area contributed by atoms with Crippen molar-refractivity contribution >= 4 is 22.3 Å². The highest BCUT2D eigenvalue weighted by atomic mass is 32.1. The minimum atomic E-state index is -0.363. The van der Waals surface area contributed by atoms with Gasteiger partial charge in [-0.2, -0.15) is 5.26 Å². The molecule has 1 aliphatic carbocycles. The van der Waals surface area contributed by atoms with Gasteiger partial charge in [-0.05, 0) is 38.1 Å². The molecule has 24 heavy (non-hydrogen) atoms. The van der Waals surface area contributed by atoms with Gasteiger partial charge in [0.25, 0.3) is 0 Å². The van der Waals surface area contributed by atoms with E-state index in [0.29, 0.717) is 28.6 Å². The number of nitrogens with zero attached hydrogens (tertiary/aromatic N) is 2. The maximum Gasteiger partial charge on any atom is 0.348 e. The number of fused-ring (bicyclic) bond motifs is 1. The van der Waals surface area contributed by atoms with Crippen LogP contribution in [0.2, 0.25) is 0 Å². The number of hydrogen-bond acceptors (Lipinski definition) is 6. The number of likely N-dealkylation sites (tertiary alicyclic amines) is 1. The number of thiophene rings is 1. The van der Waals surface area contributed by atoms with Gasteiger partial charge in [0.15, 0.2) is 0 Å². The van der Waals surface area contributed by atoms with Gasteiger partial charge in [-0.1, -0.05) is 19.3 Å². The lowest BCUT2D eigenvalue weighted by Gasteiger charge is -2.41. The summed E-state index contributed by atoms with van der Waals surface area (Å²) in [6.45, 7) is 4.82. The topological polar surface area (TPSA) is 79.3 Å². The van der Waals surface area contributed by atoms with Crippen molar-refractivity contribution in [3.63, 3.8) is 0 Å². The van der Waals surface area contributed by atoms with Gasteiger partial charge in [-0.25, -0.2) is 4.79 Å². The number of nitrogen functional groups attached to an aromatic ring is 1. The number of anilines is 1. The molecule has 1 saturated carbocycles. The van der Waals surface area contributed by atoms with Crippen LogP contribution in [0, 0.1) is 23.2 Å². The molecule has 0 amide bonds. The summed E-state index contributed by atoms with van der Waals surface area (Å²) in [6.07, 6.45) is 6.59. The summed E-state index contributed by atoms with van der Waals surface area (Å²) in [4.78, 5) is 15.1. The van der Waals surface area contributed by atoms with Crippen LogP contribution in [0.1, 0.15) is 59.8 Å². The lowest BCUT2D eigenvalue weighted by atomic mass is 9.75. The molecule has 0 unspecified atom stereocenters. The number of esters is 1. The van der Waals surface area contributed by atoms with Gasteiger partial charge in [0, 0.05) is 18.7 Å². The highest BCUT2D eigenvalue weighted by molar-refractivity contribution is 7.18. The van der Waals surface area contributed by atoms with Crippen LogP contribution in [-0.2, 0) is 11.3 Å². The summed E-state index contributed by atoms with van der Waals surface area (Å²) in [6, 6.07) is 2.18. The summed E-state index contributed by atoms with van der Waals surface area (Å²) in [7, 11) is 0. The van der Waals surface area contributed by atoms with Crippen molar-refractivity contribution < 1.29 is 9.53 Å². The molecule has 1 aromatic heterocycles. The third-order valence-electron chi connectivity index (χ3n) is 5.36. The van der Waals surface area contributed by atoms with E-state index in [1.807, 2.05) is 0 Å². The molecule has 5 nitrogen and oxygen atoms in total. The first-order valence-corrected chi connectivity index (χ1v) is 9.66. The smallest absolute Gasteiger partial charge is 0.348 e. The van der Waals surface area contributed by atoms with E-state index < -0.39 is 0 Å². The Labute approximate surface area is 147 Å². The number of piperidine rings is 1. The largest absolute Gasteiger partial charge is 0.462 e. The zero-order valence-electron chi connectivity index (χ0n) is 14.2. The number of carbonyl (C=O) groups excluding carboxylic acids is 1. The zero-order chi connectivity index (χ0) is 17.1. The zero-order valence-corrected chi connectivity index (χ0v) is 15.0. The highest BCUT2D eigenvalue weighted by Gasteiger charge is 2.32. The second kappa shape index (κ2) is 7.54. The molecule has 0 aromatic carbocycles. The maximum absolute atomic E-state index is 12.2. The fourth-order valence-electron chi connectivity index (χ4n) is 4.16. The molecule has 2 heterocycles. The SMILES string of the molecule is CCOC(=O)c1sc(N)c(C#N)c1CN1CC[C@H]2CCCC[C@@H]2C1. The van der Waals surface area contributed by atoms with E-state index in [1.54, 1.807) is 6.92 Å². The van der Waals surface area contributed by atoms with Crippen molar-refractivity contribution in [3.05, 3.63) is 16.0 Å². The molecule has 1 aromatic rings. The first-order valence-electron chi connectivity index (χ1n) is 8.84. The van der Waals surface area contributed by atoms with E-state index in [4.69, 9.17) is 10.5 Å². The Kier molecular flexibility index (Phi) is 5.42. The minimum Gasteiger partial charge on any atom is -0.462 e. The molecule has 2 fully saturated rings. The molecular weight excluding hydrogens is 322 g/mol. The summed E-state index contributed by atoms with van der Waals surface area (Å²) >= 11 is 1.18. The van der Waals surface area contributed by atoms with Gasteiger partial charge in [-0.3, -0.25) is 4.90 Å². The molecule has 0 spiro atoms. The van der Waals surface area contributed by atoms with Crippen LogP contribution >= 0.6 is 11.3 Å². The number of ether oxygens (including phenoxy) is 1. The van der Waals surface area contributed by atoms with E-state index >= 15 is 0 Å². The number of nitrogens with two attached hydrogens (primary N) is 1. The van der Waals surface area contributed by atoms with Crippen LogP contribution in [0.25, 0.3) is 0 Å². The molecule has 3 rings (SSSR count). The Balaban J connectivity index is 1.79. The summed E-state index contributed by atoms with van der Waals surface area (Å²) < 4.78 is 5.14. The van der Waals surface area contributed by atoms with Crippen molar-refractivity contribution in [2.75, 3.05) is 25.4 Å². The van der Waals surface area contributed by atoms with Gasteiger partial charge in [0.05, 0.1) is 12.2 Å². The fourth-order valence-corrected chi connectivity index (χ4v) is 5.09. The van der Waals surface area contributed by atoms with Crippen LogP contribution in [0.4, 0.5) is 5.00 Å². The quantitative estimate of drug-likeness (QED) is 0.845. The van der Waals surface area contributed by atoms with E-state index in [0.717, 1.165) is 30.5 Å². The second-order valence-corrected chi connectivity index (χ2v) is 7.86. The average Bonchev–Trinajstić information content (AvgIpc) is 2.90. The van der Waals surface area contributed by atoms with Crippen LogP contribution in [0.15, 0.2) is 0 Å². The van der Waals surface area contributed by atoms with Crippen molar-refractivity contribution in [1.82, 2.24) is 4.90 Å². The van der Waals surface area contributed by atoms with Crippen molar-refractivity contribution in [2.24, 2.45) is 11.8 Å². The number of nitriles is 1. The Morgan fingerprint density at radius 1 is 1.38 bits per heavy atom. The van der Waals surface area contributed by atoms with Crippen LogP contribution in [0.5, 0.6) is 0 Å². The van der Waals surface area contributed by atoms with E-state index in [1.165, 1.54) is 43.4 Å². The third-order valence-corrected chi connectivity index (χ3v) is 6.41. The Morgan fingerprint density at radius 2 is 2.12 bits per heavy atom. The molecule has 0 bridgehead atoms. The first-order chi connectivity index (χ1) is 11.6. The number of rotatable bonds is 4. The molecule has 1 aliphatic heterocycles. The Morgan fingerprint density at radius 3 is 2.83 bits per heavy atom. The van der Waals surface area contributed by atoms with Crippen molar-refractivity contribution in [1.29, 1.82) is 5.26 Å². The van der Waals surface area contributed by atoms with Gasteiger partial charge in [0.1, 0.15) is 15.9 Å². The van der Waals surface area contributed by atoms with Crippen LogP contribution in [-0.4, -0.2) is 30.6 Å². The average molecular weight is 347 g/mol. The van der Waals surface area contributed by atoms with Crippen LogP contribution in [0.3, 0.4) is 0 Å². The molecule has 2 aliphatic rings. The summed E-state index contributed by atoms with van der Waals surface area (Å²) in [5.74, 6) is 1.26. The molecule has 2 N–H and O–H groups in total. The molecule has 0 radical (unpaired) electrons. The minimum absolute atomic E-state index is 0.325. The van der Waals surface area contributed by atoms with Gasteiger partial charge >= 0.3 is 5.97 Å². The van der Waals surface area contributed by atoms with E-state index in [2.05, 4.69) is 11.0 Å². The van der Waals surface area contributed by atoms with Gasteiger partial charge in [-0.15, -0.1) is 11.3 Å². The predicted octanol–water partition coefficient (Wildman–Crippen LogP) is 3.39. The first kappa shape index (κ1) is 17.2. The van der Waals surface area contributed by atoms with E-state index in [-0.39, 0.29) is 5.97 Å². The maximum atomic E-state index is 12.2. The lowest BCUT2D eigenvalue weighted by molar-refractivity contribution is 0.0526. The van der Waals surface area contributed by atoms with E-state index in [9.17, 15) is 10.1 Å². The normalized spacial score (nSPS) is 24.2. The van der Waals surface area contributed by atoms with Crippen molar-refractivity contribution in [3.8, 4) is 6.07 Å². The molecular formula is C18H25N3O2S. The Hall–Kier alpha value is -1.58. The monoisotopic (exact) mass is 347 g/mol. The highest BCUT2D eigenvalue weighted by Crippen LogP contribution is 2.38. The lowest BCUT2D eigenvalue weighted by Crippen LogP contribution is -2.41. The van der Waals surface area contributed by atoms with Gasteiger partial charge in [0.2, 0.25) is 0 Å². The standard InChI is InChI=1S/C18H25N3O2S/c1-2-23-18(22)16-15(14(9-19)17(20)24-16)11-21-8-7-12-5-3-4-6-13(12)10-21/h12-13H,2-8,10-11,20H2,1H3/t12-,13-/m1/s1. The summed E-state index contributed by atoms with van der Waals surface area (Å²) in [5, 5.41) is 9.87.